The molecule has 0 aliphatic carbocycles. The molecule has 4 unspecified atom stereocenters. The number of para-hydroxylation sites is 1. The summed E-state index contributed by atoms with van der Waals surface area (Å²) >= 11 is 0. The summed E-state index contributed by atoms with van der Waals surface area (Å²) in [6, 6.07) is 2.91. The van der Waals surface area contributed by atoms with Gasteiger partial charge in [0.2, 0.25) is 23.6 Å². The number of amides is 4. The van der Waals surface area contributed by atoms with Gasteiger partial charge in [0, 0.05) is 29.9 Å². The van der Waals surface area contributed by atoms with Crippen LogP contribution in [0.1, 0.15) is 32.3 Å². The Hall–Kier alpha value is -3.93. The van der Waals surface area contributed by atoms with Crippen LogP contribution in [0.5, 0.6) is 0 Å². The van der Waals surface area contributed by atoms with Gasteiger partial charge in [-0.15, -0.1) is 0 Å². The lowest BCUT2D eigenvalue weighted by Crippen LogP contribution is -2.56. The van der Waals surface area contributed by atoms with Crippen LogP contribution in [0.2, 0.25) is 0 Å². The predicted molar refractivity (Wildman–Crippen MR) is 123 cm³/mol. The Kier molecular flexibility index (Phi) is 9.13. The van der Waals surface area contributed by atoms with E-state index in [9.17, 15) is 29.1 Å². The van der Waals surface area contributed by atoms with Gasteiger partial charge in [-0.2, -0.15) is 0 Å². The van der Waals surface area contributed by atoms with E-state index in [0.29, 0.717) is 5.56 Å². The van der Waals surface area contributed by atoms with Gasteiger partial charge >= 0.3 is 5.97 Å². The maximum absolute atomic E-state index is 12.9. The van der Waals surface area contributed by atoms with Crippen molar-refractivity contribution < 1.29 is 29.1 Å². The summed E-state index contributed by atoms with van der Waals surface area (Å²) in [5.74, 6) is -4.03. The van der Waals surface area contributed by atoms with Crippen molar-refractivity contribution in [3.05, 3.63) is 36.0 Å². The molecular weight excluding hydrogens is 444 g/mol. The number of hydrogen-bond acceptors (Lipinski definition) is 6. The van der Waals surface area contributed by atoms with Gasteiger partial charge in [0.15, 0.2) is 0 Å². The summed E-state index contributed by atoms with van der Waals surface area (Å²) in [6.07, 6.45) is 1.28. The maximum atomic E-state index is 12.9. The Balaban J connectivity index is 2.13. The molecule has 12 nitrogen and oxygen atoms in total. The van der Waals surface area contributed by atoms with Crippen LogP contribution >= 0.6 is 0 Å². The minimum atomic E-state index is -1.30. The Bertz CT molecular complexity index is 1070. The van der Waals surface area contributed by atoms with Crippen LogP contribution in [0.25, 0.3) is 10.9 Å². The highest BCUT2D eigenvalue weighted by molar-refractivity contribution is 5.94. The zero-order valence-electron chi connectivity index (χ0n) is 19.0. The zero-order valence-corrected chi connectivity index (χ0v) is 19.0. The summed E-state index contributed by atoms with van der Waals surface area (Å²) < 4.78 is 0. The maximum Gasteiger partial charge on any atom is 0.326 e. The summed E-state index contributed by atoms with van der Waals surface area (Å²) in [5.41, 5.74) is 12.2. The van der Waals surface area contributed by atoms with E-state index < -0.39 is 53.8 Å². The number of carbonyl (C=O) groups is 5. The van der Waals surface area contributed by atoms with Crippen molar-refractivity contribution >= 4 is 40.5 Å². The summed E-state index contributed by atoms with van der Waals surface area (Å²) in [6.45, 7) is 2.85. The van der Waals surface area contributed by atoms with Crippen LogP contribution in [0.15, 0.2) is 30.5 Å². The molecule has 4 amide bonds. The molecular formula is C22H30N6O6. The fraction of sp³-hybridized carbons (Fsp3) is 0.409. The third-order valence-corrected chi connectivity index (χ3v) is 5.19. The molecule has 1 aromatic carbocycles. The number of fused-ring (bicyclic) bond motifs is 1. The Morgan fingerprint density at radius 2 is 1.62 bits per heavy atom. The number of nitrogens with two attached hydrogens (primary N) is 2. The smallest absolute Gasteiger partial charge is 0.326 e. The van der Waals surface area contributed by atoms with Crippen LogP contribution in [0.4, 0.5) is 0 Å². The number of hydrogen-bond donors (Lipinski definition) is 7. The Labute approximate surface area is 195 Å². The van der Waals surface area contributed by atoms with E-state index in [1.807, 2.05) is 24.3 Å². The van der Waals surface area contributed by atoms with Crippen molar-refractivity contribution in [2.45, 2.75) is 57.3 Å². The number of carboxylic acid groups (broad SMARTS) is 1. The normalized spacial score (nSPS) is 14.4. The lowest BCUT2D eigenvalue weighted by molar-refractivity contribution is -0.142. The molecule has 2 aromatic rings. The number of carboxylic acids is 1. The molecule has 0 saturated carbocycles. The summed E-state index contributed by atoms with van der Waals surface area (Å²) in [5, 5.41) is 17.7. The van der Waals surface area contributed by atoms with E-state index in [1.165, 1.54) is 13.8 Å². The van der Waals surface area contributed by atoms with Crippen molar-refractivity contribution in [3.8, 4) is 0 Å². The second kappa shape index (κ2) is 11.8. The number of primary amides is 1. The number of aromatic nitrogens is 1. The van der Waals surface area contributed by atoms with E-state index in [-0.39, 0.29) is 19.3 Å². The minimum absolute atomic E-state index is 0.0115. The van der Waals surface area contributed by atoms with E-state index in [0.717, 1.165) is 10.9 Å². The molecule has 12 heteroatoms. The zero-order chi connectivity index (χ0) is 25.4. The number of nitrogens with one attached hydrogen (secondary N) is 4. The lowest BCUT2D eigenvalue weighted by atomic mass is 10.0. The number of aliphatic carboxylic acids is 1. The second-order valence-corrected chi connectivity index (χ2v) is 8.05. The van der Waals surface area contributed by atoms with Gasteiger partial charge in [-0.3, -0.25) is 19.2 Å². The first kappa shape index (κ1) is 26.3. The number of H-pyrrole nitrogens is 1. The predicted octanol–water partition coefficient (Wildman–Crippen LogP) is -1.12. The largest absolute Gasteiger partial charge is 0.480 e. The van der Waals surface area contributed by atoms with Crippen molar-refractivity contribution in [3.63, 3.8) is 0 Å². The molecule has 9 N–H and O–H groups in total. The standard InChI is InChI=1S/C22H30N6O6/c1-11(23)19(30)26-12(2)20(31)27-16(7-8-18(24)29)21(32)28-17(22(33)34)9-13-10-25-15-6-4-3-5-14(13)15/h3-6,10-12,16-17,25H,7-9,23H2,1-2H3,(H2,24,29)(H,26,30)(H,27,31)(H,28,32)(H,33,34). The summed E-state index contributed by atoms with van der Waals surface area (Å²) in [7, 11) is 0. The first-order valence-corrected chi connectivity index (χ1v) is 10.7. The van der Waals surface area contributed by atoms with Crippen LogP contribution in [0.3, 0.4) is 0 Å². The molecule has 0 radical (unpaired) electrons. The monoisotopic (exact) mass is 474 g/mol. The molecule has 184 valence electrons. The van der Waals surface area contributed by atoms with Crippen molar-refractivity contribution in [1.29, 1.82) is 0 Å². The van der Waals surface area contributed by atoms with Gasteiger partial charge in [-0.1, -0.05) is 18.2 Å². The number of carbonyl (C=O) groups excluding carboxylic acids is 4. The fourth-order valence-electron chi connectivity index (χ4n) is 3.26. The second-order valence-electron chi connectivity index (χ2n) is 8.05. The highest BCUT2D eigenvalue weighted by atomic mass is 16.4. The van der Waals surface area contributed by atoms with E-state index in [2.05, 4.69) is 20.9 Å². The molecule has 0 fully saturated rings. The molecule has 34 heavy (non-hydrogen) atoms. The molecule has 2 rings (SSSR count). The Morgan fingerprint density at radius 3 is 2.24 bits per heavy atom. The number of benzene rings is 1. The van der Waals surface area contributed by atoms with Crippen molar-refractivity contribution in [2.75, 3.05) is 0 Å². The van der Waals surface area contributed by atoms with Crippen molar-refractivity contribution in [1.82, 2.24) is 20.9 Å². The fourth-order valence-corrected chi connectivity index (χ4v) is 3.26. The minimum Gasteiger partial charge on any atom is -0.480 e. The molecule has 4 atom stereocenters. The quantitative estimate of drug-likeness (QED) is 0.201. The SMILES string of the molecule is CC(N)C(=O)NC(C)C(=O)NC(CCC(N)=O)C(=O)NC(Cc1c[nH]c2ccccc12)C(=O)O. The summed E-state index contributed by atoms with van der Waals surface area (Å²) in [4.78, 5) is 63.3. The topological polar surface area (TPSA) is 209 Å². The molecule has 1 aromatic heterocycles. The molecule has 0 aliphatic rings. The van der Waals surface area contributed by atoms with Gasteiger partial charge in [0.1, 0.15) is 18.1 Å². The van der Waals surface area contributed by atoms with Crippen LogP contribution in [-0.2, 0) is 30.4 Å². The Morgan fingerprint density at radius 1 is 0.971 bits per heavy atom. The third kappa shape index (κ3) is 7.30. The van der Waals surface area contributed by atoms with Gasteiger partial charge in [0.25, 0.3) is 0 Å². The molecule has 0 aliphatic heterocycles. The van der Waals surface area contributed by atoms with Crippen LogP contribution in [0, 0.1) is 0 Å². The number of aromatic amines is 1. The average Bonchev–Trinajstić information content (AvgIpc) is 3.18. The van der Waals surface area contributed by atoms with Gasteiger partial charge in [-0.25, -0.2) is 4.79 Å². The lowest BCUT2D eigenvalue weighted by Gasteiger charge is -2.23. The third-order valence-electron chi connectivity index (χ3n) is 5.19. The molecule has 0 saturated heterocycles. The average molecular weight is 475 g/mol. The molecule has 0 bridgehead atoms. The highest BCUT2D eigenvalue weighted by Crippen LogP contribution is 2.19. The van der Waals surface area contributed by atoms with E-state index in [1.54, 1.807) is 6.20 Å². The van der Waals surface area contributed by atoms with Gasteiger partial charge in [-0.05, 0) is 31.9 Å². The van der Waals surface area contributed by atoms with E-state index >= 15 is 0 Å². The number of rotatable bonds is 12. The van der Waals surface area contributed by atoms with E-state index in [4.69, 9.17) is 11.5 Å². The first-order chi connectivity index (χ1) is 16.0. The molecule has 1 heterocycles. The highest BCUT2D eigenvalue weighted by Gasteiger charge is 2.29. The van der Waals surface area contributed by atoms with Gasteiger partial charge < -0.3 is 37.5 Å². The first-order valence-electron chi connectivity index (χ1n) is 10.7. The van der Waals surface area contributed by atoms with Crippen LogP contribution < -0.4 is 27.4 Å². The van der Waals surface area contributed by atoms with Crippen LogP contribution in [-0.4, -0.2) is 63.9 Å². The van der Waals surface area contributed by atoms with Crippen molar-refractivity contribution in [2.24, 2.45) is 11.5 Å². The molecule has 0 spiro atoms. The van der Waals surface area contributed by atoms with Gasteiger partial charge in [0.05, 0.1) is 6.04 Å².